The number of hydrogen-bond acceptors (Lipinski definition) is 3. The van der Waals surface area contributed by atoms with E-state index in [1.165, 1.54) is 32.2 Å². The second-order valence-corrected chi connectivity index (χ2v) is 4.82. The van der Waals surface area contributed by atoms with Crippen molar-refractivity contribution in [2.24, 2.45) is 7.05 Å². The minimum Gasteiger partial charge on any atom is -0.314 e. The Morgan fingerprint density at radius 1 is 1.53 bits per heavy atom. The summed E-state index contributed by atoms with van der Waals surface area (Å²) in [5.41, 5.74) is 0. The van der Waals surface area contributed by atoms with Gasteiger partial charge in [-0.15, -0.1) is 5.10 Å². The SMILES string of the molecule is Cn1nc(Br)nc1CCC1CCCCN1. The van der Waals surface area contributed by atoms with E-state index in [1.54, 1.807) is 0 Å². The number of halogens is 1. The van der Waals surface area contributed by atoms with Crippen LogP contribution >= 0.6 is 15.9 Å². The summed E-state index contributed by atoms with van der Waals surface area (Å²) in [5.74, 6) is 1.06. The van der Waals surface area contributed by atoms with Gasteiger partial charge in [0.15, 0.2) is 0 Å². The quantitative estimate of drug-likeness (QED) is 0.910. The van der Waals surface area contributed by atoms with Gasteiger partial charge in [-0.05, 0) is 41.7 Å². The first-order valence-corrected chi connectivity index (χ1v) is 6.34. The predicted molar refractivity (Wildman–Crippen MR) is 62.7 cm³/mol. The van der Waals surface area contributed by atoms with E-state index in [0.29, 0.717) is 10.8 Å². The van der Waals surface area contributed by atoms with Crippen LogP contribution < -0.4 is 5.32 Å². The smallest absolute Gasteiger partial charge is 0.217 e. The van der Waals surface area contributed by atoms with Gasteiger partial charge < -0.3 is 5.32 Å². The molecular weight excluding hydrogens is 256 g/mol. The van der Waals surface area contributed by atoms with Crippen molar-refractivity contribution < 1.29 is 0 Å². The number of aromatic nitrogens is 3. The van der Waals surface area contributed by atoms with Crippen LogP contribution in [0, 0.1) is 0 Å². The van der Waals surface area contributed by atoms with Crippen molar-refractivity contribution in [1.82, 2.24) is 20.1 Å². The van der Waals surface area contributed by atoms with E-state index < -0.39 is 0 Å². The normalized spacial score (nSPS) is 21.9. The van der Waals surface area contributed by atoms with E-state index in [-0.39, 0.29) is 0 Å². The molecule has 1 saturated heterocycles. The molecule has 2 heterocycles. The molecule has 1 aromatic heterocycles. The topological polar surface area (TPSA) is 42.7 Å². The van der Waals surface area contributed by atoms with E-state index in [0.717, 1.165) is 12.2 Å². The first-order valence-electron chi connectivity index (χ1n) is 5.54. The lowest BCUT2D eigenvalue weighted by Gasteiger charge is -2.22. The van der Waals surface area contributed by atoms with Gasteiger partial charge in [0.1, 0.15) is 5.82 Å². The van der Waals surface area contributed by atoms with Gasteiger partial charge >= 0.3 is 0 Å². The molecule has 1 aromatic rings. The van der Waals surface area contributed by atoms with E-state index in [4.69, 9.17) is 0 Å². The van der Waals surface area contributed by atoms with Crippen molar-refractivity contribution in [1.29, 1.82) is 0 Å². The minimum absolute atomic E-state index is 0.675. The lowest BCUT2D eigenvalue weighted by molar-refractivity contribution is 0.379. The van der Waals surface area contributed by atoms with Crippen LogP contribution in [-0.4, -0.2) is 27.4 Å². The van der Waals surface area contributed by atoms with Gasteiger partial charge in [0.25, 0.3) is 0 Å². The summed E-state index contributed by atoms with van der Waals surface area (Å²) in [6.45, 7) is 1.17. The van der Waals surface area contributed by atoms with Crippen LogP contribution in [0.25, 0.3) is 0 Å². The molecule has 0 amide bonds. The highest BCUT2D eigenvalue weighted by molar-refractivity contribution is 9.10. The zero-order chi connectivity index (χ0) is 10.7. The Morgan fingerprint density at radius 3 is 3.00 bits per heavy atom. The van der Waals surface area contributed by atoms with Gasteiger partial charge in [-0.25, -0.2) is 4.98 Å². The monoisotopic (exact) mass is 272 g/mol. The maximum Gasteiger partial charge on any atom is 0.217 e. The Hall–Kier alpha value is -0.420. The van der Waals surface area contributed by atoms with Crippen molar-refractivity contribution in [3.63, 3.8) is 0 Å². The molecule has 1 aliphatic heterocycles. The summed E-state index contributed by atoms with van der Waals surface area (Å²) in [6.07, 6.45) is 6.16. The molecule has 0 radical (unpaired) electrons. The van der Waals surface area contributed by atoms with Crippen molar-refractivity contribution in [2.75, 3.05) is 6.54 Å². The highest BCUT2D eigenvalue weighted by Crippen LogP contribution is 2.13. The third-order valence-electron chi connectivity index (χ3n) is 2.96. The molecular formula is C10H17BrN4. The van der Waals surface area contributed by atoms with Crippen LogP contribution in [0.1, 0.15) is 31.5 Å². The third kappa shape index (κ3) is 3.01. The van der Waals surface area contributed by atoms with Crippen molar-refractivity contribution in [3.8, 4) is 0 Å². The second kappa shape index (κ2) is 5.07. The van der Waals surface area contributed by atoms with Crippen LogP contribution in [0.3, 0.4) is 0 Å². The van der Waals surface area contributed by atoms with Crippen molar-refractivity contribution >= 4 is 15.9 Å². The second-order valence-electron chi connectivity index (χ2n) is 4.11. The highest BCUT2D eigenvalue weighted by atomic mass is 79.9. The van der Waals surface area contributed by atoms with Crippen LogP contribution in [0.2, 0.25) is 0 Å². The molecule has 0 bridgehead atoms. The molecule has 5 heteroatoms. The molecule has 1 aliphatic rings. The number of nitrogens with zero attached hydrogens (tertiary/aromatic N) is 3. The Labute approximate surface area is 98.6 Å². The number of aryl methyl sites for hydroxylation is 2. The van der Waals surface area contributed by atoms with Crippen LogP contribution in [0.5, 0.6) is 0 Å². The Balaban J connectivity index is 1.84. The fourth-order valence-electron chi connectivity index (χ4n) is 2.07. The summed E-state index contributed by atoms with van der Waals surface area (Å²) in [4.78, 5) is 4.34. The summed E-state index contributed by atoms with van der Waals surface area (Å²) in [7, 11) is 1.95. The van der Waals surface area contributed by atoms with Gasteiger partial charge in [0, 0.05) is 19.5 Å². The molecule has 0 aromatic carbocycles. The molecule has 0 saturated carbocycles. The van der Waals surface area contributed by atoms with E-state index in [9.17, 15) is 0 Å². The molecule has 1 atom stereocenters. The molecule has 84 valence electrons. The van der Waals surface area contributed by atoms with Crippen LogP contribution in [0.4, 0.5) is 0 Å². The number of piperidine rings is 1. The van der Waals surface area contributed by atoms with Gasteiger partial charge in [-0.3, -0.25) is 4.68 Å². The van der Waals surface area contributed by atoms with Crippen LogP contribution in [0.15, 0.2) is 4.73 Å². The average molecular weight is 273 g/mol. The van der Waals surface area contributed by atoms with Gasteiger partial charge in [0.2, 0.25) is 4.73 Å². The lowest BCUT2D eigenvalue weighted by Crippen LogP contribution is -2.34. The van der Waals surface area contributed by atoms with Gasteiger partial charge in [-0.2, -0.15) is 0 Å². The minimum atomic E-state index is 0.675. The Kier molecular flexibility index (Phi) is 3.75. The predicted octanol–water partition coefficient (Wildman–Crippen LogP) is 1.65. The standard InChI is InChI=1S/C10H17BrN4/c1-15-9(13-10(11)14-15)6-5-8-4-2-3-7-12-8/h8,12H,2-7H2,1H3. The van der Waals surface area contributed by atoms with Gasteiger partial charge in [-0.1, -0.05) is 6.42 Å². The van der Waals surface area contributed by atoms with Crippen molar-refractivity contribution in [3.05, 3.63) is 10.6 Å². The maximum atomic E-state index is 4.34. The molecule has 1 unspecified atom stereocenters. The van der Waals surface area contributed by atoms with E-state index >= 15 is 0 Å². The van der Waals surface area contributed by atoms with E-state index in [1.807, 2.05) is 11.7 Å². The summed E-state index contributed by atoms with van der Waals surface area (Å²) in [5, 5.41) is 7.72. The molecule has 4 nitrogen and oxygen atoms in total. The van der Waals surface area contributed by atoms with Crippen LogP contribution in [-0.2, 0) is 13.5 Å². The number of hydrogen-bond donors (Lipinski definition) is 1. The molecule has 1 fully saturated rings. The first kappa shape index (κ1) is 11.1. The Bertz CT molecular complexity index is 317. The molecule has 0 spiro atoms. The molecule has 2 rings (SSSR count). The fraction of sp³-hybridized carbons (Fsp3) is 0.800. The molecule has 15 heavy (non-hydrogen) atoms. The molecule has 0 aliphatic carbocycles. The number of rotatable bonds is 3. The fourth-order valence-corrected chi connectivity index (χ4v) is 2.52. The average Bonchev–Trinajstić information content (AvgIpc) is 2.56. The maximum absolute atomic E-state index is 4.34. The summed E-state index contributed by atoms with van der Waals surface area (Å²) in [6, 6.07) is 0.675. The van der Waals surface area contributed by atoms with Crippen molar-refractivity contribution in [2.45, 2.75) is 38.1 Å². The van der Waals surface area contributed by atoms with Gasteiger partial charge in [0.05, 0.1) is 0 Å². The summed E-state index contributed by atoms with van der Waals surface area (Å²) >= 11 is 3.29. The lowest BCUT2D eigenvalue weighted by atomic mass is 10.0. The molecule has 1 N–H and O–H groups in total. The highest BCUT2D eigenvalue weighted by Gasteiger charge is 2.13. The first-order chi connectivity index (χ1) is 7.25. The Morgan fingerprint density at radius 2 is 2.40 bits per heavy atom. The zero-order valence-electron chi connectivity index (χ0n) is 9.04. The third-order valence-corrected chi connectivity index (χ3v) is 3.29. The largest absolute Gasteiger partial charge is 0.314 e. The number of nitrogens with one attached hydrogen (secondary N) is 1. The zero-order valence-corrected chi connectivity index (χ0v) is 10.6. The summed E-state index contributed by atoms with van der Waals surface area (Å²) < 4.78 is 2.55. The van der Waals surface area contributed by atoms with E-state index in [2.05, 4.69) is 31.3 Å².